The number of hydrogen-bond acceptors (Lipinski definition) is 2. The van der Waals surface area contributed by atoms with E-state index >= 15 is 0 Å². The summed E-state index contributed by atoms with van der Waals surface area (Å²) < 4.78 is 1.77. The van der Waals surface area contributed by atoms with E-state index in [0.717, 1.165) is 23.9 Å². The SMILES string of the molecule is CCn1cc(/C=C\C(=O)O)c(C)n1. The molecule has 0 atom stereocenters. The second-order valence-electron chi connectivity index (χ2n) is 2.70. The second-order valence-corrected chi connectivity index (χ2v) is 2.70. The normalized spacial score (nSPS) is 10.9. The van der Waals surface area contributed by atoms with Crippen LogP contribution in [0.15, 0.2) is 12.3 Å². The van der Waals surface area contributed by atoms with Crippen LogP contribution in [0.2, 0.25) is 0 Å². The Morgan fingerprint density at radius 1 is 1.77 bits per heavy atom. The van der Waals surface area contributed by atoms with Crippen molar-refractivity contribution in [2.75, 3.05) is 0 Å². The highest BCUT2D eigenvalue weighted by Crippen LogP contribution is 2.07. The summed E-state index contributed by atoms with van der Waals surface area (Å²) in [6.45, 7) is 4.63. The molecule has 0 amide bonds. The maximum atomic E-state index is 10.2. The van der Waals surface area contributed by atoms with Crippen LogP contribution in [0.25, 0.3) is 6.08 Å². The maximum absolute atomic E-state index is 10.2. The highest BCUT2D eigenvalue weighted by molar-refractivity contribution is 5.85. The van der Waals surface area contributed by atoms with Crippen LogP contribution in [-0.4, -0.2) is 20.9 Å². The van der Waals surface area contributed by atoms with Crippen LogP contribution in [0.5, 0.6) is 0 Å². The molecule has 1 rings (SSSR count). The van der Waals surface area contributed by atoms with Crippen molar-refractivity contribution >= 4 is 12.0 Å². The van der Waals surface area contributed by atoms with Gasteiger partial charge in [-0.3, -0.25) is 4.68 Å². The average molecular weight is 180 g/mol. The molecule has 0 aromatic carbocycles. The summed E-state index contributed by atoms with van der Waals surface area (Å²) in [5.74, 6) is -0.941. The van der Waals surface area contributed by atoms with Crippen molar-refractivity contribution < 1.29 is 9.90 Å². The molecule has 4 nitrogen and oxygen atoms in total. The molecule has 13 heavy (non-hydrogen) atoms. The van der Waals surface area contributed by atoms with Crippen molar-refractivity contribution in [1.29, 1.82) is 0 Å². The van der Waals surface area contributed by atoms with Crippen LogP contribution in [-0.2, 0) is 11.3 Å². The van der Waals surface area contributed by atoms with Gasteiger partial charge in [-0.1, -0.05) is 0 Å². The summed E-state index contributed by atoms with van der Waals surface area (Å²) in [7, 11) is 0. The Morgan fingerprint density at radius 2 is 2.46 bits per heavy atom. The third-order valence-corrected chi connectivity index (χ3v) is 1.71. The molecule has 1 heterocycles. The average Bonchev–Trinajstić information content (AvgIpc) is 2.43. The van der Waals surface area contributed by atoms with Crippen LogP contribution in [0.4, 0.5) is 0 Å². The first kappa shape index (κ1) is 9.51. The molecule has 0 spiro atoms. The first-order valence-electron chi connectivity index (χ1n) is 4.08. The lowest BCUT2D eigenvalue weighted by Crippen LogP contribution is -1.93. The standard InChI is InChI=1S/C9H12N2O2/c1-3-11-6-8(7(2)10-11)4-5-9(12)13/h4-6H,3H2,1-2H3,(H,12,13)/b5-4-. The van der Waals surface area contributed by atoms with E-state index in [0.29, 0.717) is 0 Å². The third-order valence-electron chi connectivity index (χ3n) is 1.71. The first-order chi connectivity index (χ1) is 6.13. The fourth-order valence-electron chi connectivity index (χ4n) is 1.02. The molecule has 1 aromatic rings. The third kappa shape index (κ3) is 2.43. The molecule has 0 aliphatic rings. The van der Waals surface area contributed by atoms with Crippen molar-refractivity contribution in [3.05, 3.63) is 23.5 Å². The zero-order valence-electron chi connectivity index (χ0n) is 7.69. The summed E-state index contributed by atoms with van der Waals surface area (Å²) in [5, 5.41) is 12.6. The zero-order valence-corrected chi connectivity index (χ0v) is 7.69. The molecule has 0 unspecified atom stereocenters. The van der Waals surface area contributed by atoms with Crippen molar-refractivity contribution in [3.63, 3.8) is 0 Å². The van der Waals surface area contributed by atoms with Crippen molar-refractivity contribution in [1.82, 2.24) is 9.78 Å². The molecule has 0 bridgehead atoms. The summed E-state index contributed by atoms with van der Waals surface area (Å²) in [6, 6.07) is 0. The molecule has 0 saturated heterocycles. The Morgan fingerprint density at radius 3 is 2.92 bits per heavy atom. The summed E-state index contributed by atoms with van der Waals surface area (Å²) in [5.41, 5.74) is 1.70. The van der Waals surface area contributed by atoms with Crippen molar-refractivity contribution in [2.45, 2.75) is 20.4 Å². The van der Waals surface area contributed by atoms with Gasteiger partial charge in [0.1, 0.15) is 0 Å². The number of aryl methyl sites for hydroxylation is 2. The Bertz CT molecular complexity index is 339. The van der Waals surface area contributed by atoms with E-state index < -0.39 is 5.97 Å². The molecule has 0 aliphatic heterocycles. The number of carboxylic acid groups (broad SMARTS) is 1. The Hall–Kier alpha value is -1.58. The minimum absolute atomic E-state index is 0.793. The van der Waals surface area contributed by atoms with Gasteiger partial charge in [-0.15, -0.1) is 0 Å². The second kappa shape index (κ2) is 3.89. The fourth-order valence-corrected chi connectivity index (χ4v) is 1.02. The largest absolute Gasteiger partial charge is 0.478 e. The van der Waals surface area contributed by atoms with Crippen LogP contribution in [0.1, 0.15) is 18.2 Å². The van der Waals surface area contributed by atoms with E-state index in [4.69, 9.17) is 5.11 Å². The van der Waals surface area contributed by atoms with Gasteiger partial charge in [-0.05, 0) is 19.9 Å². The maximum Gasteiger partial charge on any atom is 0.328 e. The van der Waals surface area contributed by atoms with Gasteiger partial charge < -0.3 is 5.11 Å². The molecule has 4 heteroatoms. The van der Waals surface area contributed by atoms with E-state index in [-0.39, 0.29) is 0 Å². The van der Waals surface area contributed by atoms with Crippen molar-refractivity contribution in [3.8, 4) is 0 Å². The van der Waals surface area contributed by atoms with Gasteiger partial charge in [0.15, 0.2) is 0 Å². The monoisotopic (exact) mass is 180 g/mol. The fraction of sp³-hybridized carbons (Fsp3) is 0.333. The number of aliphatic carboxylic acids is 1. The van der Waals surface area contributed by atoms with Crippen LogP contribution in [0.3, 0.4) is 0 Å². The summed E-state index contributed by atoms with van der Waals surface area (Å²) in [4.78, 5) is 10.2. The molecule has 0 aliphatic carbocycles. The predicted molar refractivity (Wildman–Crippen MR) is 49.3 cm³/mol. The lowest BCUT2D eigenvalue weighted by molar-refractivity contribution is -0.131. The molecular formula is C9H12N2O2. The Kier molecular flexibility index (Phi) is 2.84. The van der Waals surface area contributed by atoms with Gasteiger partial charge in [0.05, 0.1) is 5.69 Å². The zero-order chi connectivity index (χ0) is 9.84. The summed E-state index contributed by atoms with van der Waals surface area (Å²) in [6.07, 6.45) is 4.50. The molecular weight excluding hydrogens is 168 g/mol. The van der Waals surface area contributed by atoms with E-state index in [1.807, 2.05) is 20.0 Å². The Balaban J connectivity index is 2.88. The van der Waals surface area contributed by atoms with Gasteiger partial charge in [-0.2, -0.15) is 5.10 Å². The van der Waals surface area contributed by atoms with Gasteiger partial charge in [0.2, 0.25) is 0 Å². The topological polar surface area (TPSA) is 55.1 Å². The molecule has 1 aromatic heterocycles. The molecule has 0 saturated carbocycles. The number of rotatable bonds is 3. The van der Waals surface area contributed by atoms with Crippen molar-refractivity contribution in [2.24, 2.45) is 0 Å². The van der Waals surface area contributed by atoms with Gasteiger partial charge in [0, 0.05) is 24.4 Å². The van der Waals surface area contributed by atoms with Crippen LogP contribution < -0.4 is 0 Å². The first-order valence-corrected chi connectivity index (χ1v) is 4.08. The summed E-state index contributed by atoms with van der Waals surface area (Å²) >= 11 is 0. The van der Waals surface area contributed by atoms with Crippen LogP contribution >= 0.6 is 0 Å². The minimum atomic E-state index is -0.941. The van der Waals surface area contributed by atoms with Gasteiger partial charge in [0.25, 0.3) is 0 Å². The van der Waals surface area contributed by atoms with E-state index in [1.165, 1.54) is 0 Å². The lowest BCUT2D eigenvalue weighted by Gasteiger charge is -1.89. The predicted octanol–water partition coefficient (Wildman–Crippen LogP) is 1.31. The van der Waals surface area contributed by atoms with E-state index in [1.54, 1.807) is 10.8 Å². The van der Waals surface area contributed by atoms with Crippen LogP contribution in [0, 0.1) is 6.92 Å². The lowest BCUT2D eigenvalue weighted by atomic mass is 10.2. The number of hydrogen-bond donors (Lipinski definition) is 1. The van der Waals surface area contributed by atoms with E-state index in [2.05, 4.69) is 5.10 Å². The van der Waals surface area contributed by atoms with Gasteiger partial charge >= 0.3 is 5.97 Å². The number of nitrogens with zero attached hydrogens (tertiary/aromatic N) is 2. The molecule has 0 radical (unpaired) electrons. The number of carboxylic acids is 1. The smallest absolute Gasteiger partial charge is 0.328 e. The minimum Gasteiger partial charge on any atom is -0.478 e. The van der Waals surface area contributed by atoms with Gasteiger partial charge in [-0.25, -0.2) is 4.79 Å². The quantitative estimate of drug-likeness (QED) is 0.713. The highest BCUT2D eigenvalue weighted by atomic mass is 16.4. The Labute approximate surface area is 76.5 Å². The molecule has 70 valence electrons. The molecule has 1 N–H and O–H groups in total. The number of aromatic nitrogens is 2. The van der Waals surface area contributed by atoms with E-state index in [9.17, 15) is 4.79 Å². The molecule has 0 fully saturated rings. The number of carbonyl (C=O) groups is 1. The highest BCUT2D eigenvalue weighted by Gasteiger charge is 2.00.